The van der Waals surface area contributed by atoms with Crippen molar-refractivity contribution in [3.8, 4) is 57.0 Å². The normalized spacial score (nSPS) is 11.7. The molecule has 0 saturated carbocycles. The first kappa shape index (κ1) is 83.9. The van der Waals surface area contributed by atoms with Gasteiger partial charge in [0.1, 0.15) is 51.2 Å². The molecule has 0 aliphatic rings. The number of hydrogen-bond acceptors (Lipinski definition) is 33. The van der Waals surface area contributed by atoms with Gasteiger partial charge >= 0.3 is 19.1 Å². The summed E-state index contributed by atoms with van der Waals surface area (Å²) in [5, 5.41) is 55.3. The summed E-state index contributed by atoms with van der Waals surface area (Å²) >= 11 is 5.86. The standard InChI is InChI=1S/C20H24N8OS.C16H14N8O2.C15H12N8O.C8H9BN2O2.C8H7ClN6O2.C4H11NOS/c1-13-11-22-16-6-5-14(12-27(13)16)17-19(28-23-8-9-24-28)26-18(21)15(25-17)7-10-30(29)20(2,3)4;1-9-7-18-11-4-3-10(8-23(9)11)12-15(24-19-5-6-20-24)22-14(17)13(21-12)16(25)26-2;1-9-6-17-12-3-2-10(7-22(9)12)13-15(23-18-4-5-19-23)21-14(16)11(8-24)20-13;1-6-4-10-8-3-2-7(9(12)13)5-11(6)8;1-17-8(16)4-6(10)14-7(5(9)13-4)15-11-2-3-12-15;1-4(2,3)7(5)6/h5-6,8-9,11-12H,7,10H2,1-4H3,(H2,21,26);3-8H,1-2H3,(H2,17,22);2-8H,1H3,(H2,16,21);2-5,12-13H,1H3;2-3H,1H3,(H2,10,14);5H2,1-3H3. The number of halogens is 1. The highest BCUT2D eigenvalue weighted by Gasteiger charge is 2.26. The second-order valence-corrected chi connectivity index (χ2v) is 31.4. The maximum Gasteiger partial charge on any atom is 0.489 e. The van der Waals surface area contributed by atoms with Crippen molar-refractivity contribution in [2.75, 3.05) is 42.9 Å². The summed E-state index contributed by atoms with van der Waals surface area (Å²) in [6.45, 7) is 19.2. The summed E-state index contributed by atoms with van der Waals surface area (Å²) in [4.78, 5) is 91.1. The fourth-order valence-corrected chi connectivity index (χ4v) is 11.7. The molecule has 2 atom stereocenters. The maximum atomic E-state index is 12.5. The topological polar surface area (TPSA) is 570 Å². The number of carbonyl (C=O) groups excluding carboxylic acids is 3. The monoisotopic (exact) mass is 1650 g/mol. The van der Waals surface area contributed by atoms with E-state index in [4.69, 9.17) is 59.4 Å². The van der Waals surface area contributed by atoms with Gasteiger partial charge in [0.05, 0.1) is 85.2 Å². The Kier molecular flexibility index (Phi) is 25.8. The first-order valence-electron chi connectivity index (χ1n) is 34.8. The van der Waals surface area contributed by atoms with Crippen molar-refractivity contribution in [1.29, 1.82) is 0 Å². The van der Waals surface area contributed by atoms with Crippen LogP contribution in [0.15, 0.2) is 148 Å². The molecule has 0 amide bonds. The maximum absolute atomic E-state index is 12.5. The van der Waals surface area contributed by atoms with Gasteiger partial charge in [-0.15, -0.1) is 19.2 Å². The fourth-order valence-electron chi connectivity index (χ4n) is 10.5. The van der Waals surface area contributed by atoms with Crippen LogP contribution in [0.5, 0.6) is 0 Å². The Morgan fingerprint density at radius 3 is 1.17 bits per heavy atom. The Bertz CT molecular complexity index is 6280. The van der Waals surface area contributed by atoms with Crippen LogP contribution in [0.4, 0.5) is 23.3 Å². The van der Waals surface area contributed by atoms with Crippen molar-refractivity contribution in [3.63, 3.8) is 0 Å². The molecule has 16 aromatic rings. The van der Waals surface area contributed by atoms with E-state index in [9.17, 15) is 22.8 Å². The minimum absolute atomic E-state index is 0.0286. The molecule has 0 bridgehead atoms. The Balaban J connectivity index is 0.000000144. The molecule has 12 N–H and O–H groups in total. The van der Waals surface area contributed by atoms with E-state index in [-0.39, 0.29) is 60.8 Å². The van der Waals surface area contributed by atoms with Gasteiger partial charge in [-0.3, -0.25) is 14.1 Å². The van der Waals surface area contributed by atoms with Gasteiger partial charge in [-0.25, -0.2) is 73.6 Å². The van der Waals surface area contributed by atoms with Crippen LogP contribution >= 0.6 is 11.6 Å². The third-order valence-electron chi connectivity index (χ3n) is 16.7. The Labute approximate surface area is 674 Å². The molecule has 2 unspecified atom stereocenters. The highest BCUT2D eigenvalue weighted by molar-refractivity contribution is 7.86. The number of methoxy groups -OCH3 is 2. The number of nitrogens with two attached hydrogens (primary N) is 5. The lowest BCUT2D eigenvalue weighted by Crippen LogP contribution is -2.30. The number of nitrogen functional groups attached to an aromatic ring is 4. The van der Waals surface area contributed by atoms with E-state index in [0.29, 0.717) is 69.7 Å². The smallest absolute Gasteiger partial charge is 0.464 e. The zero-order chi connectivity index (χ0) is 84.3. The SMILES string of the molecule is CC(C)(C)S(N)=O.COC(=O)c1nc(-c2ccc3ncc(C)n3c2)c(-n2nccn2)nc1N.COC(=O)c1nc(Cl)c(-n2nccn2)nc1N.Cc1cnc2ccc(-c3nc(C=O)c(N)nc3-n3nccn3)cn12.Cc1cnc2ccc(-c3nc(CCS(=O)C(C)(C)C)c(N)nc3-n3nccn3)cn12.Cc1cnc2ccc(B(O)O)cn12. The second kappa shape index (κ2) is 36.0. The van der Waals surface area contributed by atoms with Gasteiger partial charge in [-0.2, -0.15) is 40.8 Å². The zero-order valence-electron chi connectivity index (χ0n) is 64.8. The first-order valence-corrected chi connectivity index (χ1v) is 37.8. The van der Waals surface area contributed by atoms with Gasteiger partial charge in [0.2, 0.25) is 23.3 Å². The third-order valence-corrected chi connectivity index (χ3v) is 20.1. The Morgan fingerprint density at radius 2 is 0.803 bits per heavy atom. The van der Waals surface area contributed by atoms with Crippen molar-refractivity contribution in [2.24, 2.45) is 5.14 Å². The third kappa shape index (κ3) is 19.4. The first-order chi connectivity index (χ1) is 55.7. The van der Waals surface area contributed by atoms with Crippen LogP contribution in [-0.2, 0) is 37.7 Å². The number of carbonyl (C=O) groups is 3. The van der Waals surface area contributed by atoms with E-state index < -0.39 is 40.8 Å². The number of aryl methyl sites for hydroxylation is 5. The van der Waals surface area contributed by atoms with Crippen molar-refractivity contribution < 1.29 is 42.3 Å². The molecule has 0 aliphatic heterocycles. The quantitative estimate of drug-likeness (QED) is 0.0453. The van der Waals surface area contributed by atoms with Gasteiger partial charge < -0.3 is 60.1 Å². The molecular weight excluding hydrogens is 1570 g/mol. The molecule has 0 aromatic carbocycles. The lowest BCUT2D eigenvalue weighted by Gasteiger charge is -2.18. The highest BCUT2D eigenvalue weighted by atomic mass is 35.5. The summed E-state index contributed by atoms with van der Waals surface area (Å²) in [6, 6.07) is 14.6. The molecule has 0 aliphatic carbocycles. The summed E-state index contributed by atoms with van der Waals surface area (Å²) in [5.74, 6) is 0.461. The average Bonchev–Trinajstić information content (AvgIpc) is 1.76. The lowest BCUT2D eigenvalue weighted by molar-refractivity contribution is 0.0586. The number of esters is 2. The number of hydrogen-bond donors (Lipinski definition) is 7. The summed E-state index contributed by atoms with van der Waals surface area (Å²) < 4.78 is 39.2. The largest absolute Gasteiger partial charge is 0.489 e. The number of rotatable bonds is 14. The van der Waals surface area contributed by atoms with E-state index in [1.165, 1.54) is 65.8 Å². The van der Waals surface area contributed by atoms with E-state index in [0.717, 1.165) is 61.3 Å². The fraction of sp³-hybridized carbons (Fsp3) is 0.225. The average molecular weight is 1650 g/mol. The van der Waals surface area contributed by atoms with E-state index in [1.807, 2.05) is 148 Å². The second-order valence-electron chi connectivity index (χ2n) is 26.9. The van der Waals surface area contributed by atoms with Gasteiger partial charge in [0.15, 0.2) is 40.3 Å². The van der Waals surface area contributed by atoms with Crippen LogP contribution in [0, 0.1) is 27.7 Å². The van der Waals surface area contributed by atoms with Crippen LogP contribution in [-0.4, -0.2) is 211 Å². The highest BCUT2D eigenvalue weighted by Crippen LogP contribution is 2.31. The molecule has 46 heteroatoms. The van der Waals surface area contributed by atoms with Gasteiger partial charge in [0.25, 0.3) is 0 Å². The van der Waals surface area contributed by atoms with Gasteiger partial charge in [-0.05, 0) is 117 Å². The number of fused-ring (bicyclic) bond motifs is 4. The zero-order valence-corrected chi connectivity index (χ0v) is 67.2. The van der Waals surface area contributed by atoms with E-state index in [2.05, 4.69) is 100 Å². The number of ether oxygens (including phenoxy) is 2. The molecule has 0 saturated heterocycles. The minimum Gasteiger partial charge on any atom is -0.464 e. The predicted molar refractivity (Wildman–Crippen MR) is 434 cm³/mol. The number of aldehydes is 1. The van der Waals surface area contributed by atoms with Crippen molar-refractivity contribution in [1.82, 2.24) is 137 Å². The van der Waals surface area contributed by atoms with Crippen molar-refractivity contribution in [3.05, 3.63) is 198 Å². The molecule has 42 nitrogen and oxygen atoms in total. The van der Waals surface area contributed by atoms with Crippen LogP contribution in [0.1, 0.15) is 101 Å². The number of pyridine rings is 4. The molecule has 0 fully saturated rings. The summed E-state index contributed by atoms with van der Waals surface area (Å²) in [7, 11) is -1.16. The molecule has 0 spiro atoms. The summed E-state index contributed by atoms with van der Waals surface area (Å²) in [5.41, 5.74) is 35.3. The Hall–Kier alpha value is -14.0. The van der Waals surface area contributed by atoms with Crippen LogP contribution in [0.3, 0.4) is 0 Å². The number of imidazole rings is 4. The minimum atomic E-state index is -1.42. The number of anilines is 4. The lowest BCUT2D eigenvalue weighted by atomic mass is 9.82. The van der Waals surface area contributed by atoms with E-state index >= 15 is 0 Å². The molecule has 16 aromatic heterocycles. The van der Waals surface area contributed by atoms with Gasteiger partial charge in [-0.1, -0.05) is 17.7 Å². The number of nitrogens with zero attached hydrogens (tertiary/aromatic N) is 28. The summed E-state index contributed by atoms with van der Waals surface area (Å²) in [6.07, 6.45) is 27.6. The molecule has 16 rings (SSSR count). The van der Waals surface area contributed by atoms with Crippen LogP contribution in [0.2, 0.25) is 5.15 Å². The molecule has 16 heterocycles. The van der Waals surface area contributed by atoms with E-state index in [1.54, 1.807) is 49.3 Å². The van der Waals surface area contributed by atoms with Gasteiger partial charge in [0, 0.05) is 117 Å². The molecule has 0 radical (unpaired) electrons. The van der Waals surface area contributed by atoms with Crippen LogP contribution < -0.4 is 33.5 Å². The van der Waals surface area contributed by atoms with Crippen LogP contribution in [0.25, 0.3) is 79.6 Å². The molecular formula is C71H77BClN33O9S2. The van der Waals surface area contributed by atoms with Crippen molar-refractivity contribution in [2.45, 2.75) is 85.2 Å². The number of aromatic nitrogens is 28. The predicted octanol–water partition coefficient (Wildman–Crippen LogP) is 4.29. The molecule has 602 valence electrons. The Morgan fingerprint density at radius 1 is 0.470 bits per heavy atom. The molecule has 117 heavy (non-hydrogen) atoms. The van der Waals surface area contributed by atoms with Crippen molar-refractivity contribution >= 4 is 110 Å².